The van der Waals surface area contributed by atoms with Crippen LogP contribution < -0.4 is 5.32 Å². The molecule has 0 aliphatic rings. The number of carbonyl (C=O) groups excluding carboxylic acids is 1. The molecular weight excluding hydrogens is 362 g/mol. The number of aryl methyl sites for hydroxylation is 1. The molecule has 0 aliphatic heterocycles. The number of nitrogens with one attached hydrogen (secondary N) is 1. The maximum absolute atomic E-state index is 12.3. The van der Waals surface area contributed by atoms with Gasteiger partial charge in [-0.25, -0.2) is 4.68 Å². The predicted molar refractivity (Wildman–Crippen MR) is 91.0 cm³/mol. The summed E-state index contributed by atoms with van der Waals surface area (Å²) in [6.07, 6.45) is 3.36. The molecule has 2 aromatic rings. The average Bonchev–Trinajstić information content (AvgIpc) is 3.06. The van der Waals surface area contributed by atoms with E-state index in [4.69, 9.17) is 4.74 Å². The molecule has 126 valence electrons. The molecule has 1 N–H and O–H groups in total. The summed E-state index contributed by atoms with van der Waals surface area (Å²) in [7, 11) is 0. The predicted octanol–water partition coefficient (Wildman–Crippen LogP) is 2.73. The Morgan fingerprint density at radius 2 is 2.22 bits per heavy atom. The number of ether oxygens (including phenoxy) is 1. The lowest BCUT2D eigenvalue weighted by Crippen LogP contribution is -2.25. The Balaban J connectivity index is 1.94. The molecule has 0 saturated heterocycles. The summed E-state index contributed by atoms with van der Waals surface area (Å²) in [6, 6.07) is 0. The highest BCUT2D eigenvalue weighted by atomic mass is 79.9. The van der Waals surface area contributed by atoms with E-state index in [2.05, 4.69) is 31.4 Å². The van der Waals surface area contributed by atoms with Gasteiger partial charge in [0.15, 0.2) is 0 Å². The van der Waals surface area contributed by atoms with Crippen molar-refractivity contribution < 1.29 is 9.53 Å². The van der Waals surface area contributed by atoms with Crippen molar-refractivity contribution in [1.29, 1.82) is 0 Å². The SMILES string of the molecule is CCOCn1cc(NC(=O)C(C)Cn2nc(C)c(Br)c2C)cn1. The van der Waals surface area contributed by atoms with Crippen molar-refractivity contribution in [2.75, 3.05) is 11.9 Å². The number of hydrogen-bond acceptors (Lipinski definition) is 4. The van der Waals surface area contributed by atoms with Crippen LogP contribution in [0.3, 0.4) is 0 Å². The largest absolute Gasteiger partial charge is 0.360 e. The third kappa shape index (κ3) is 4.42. The van der Waals surface area contributed by atoms with Crippen molar-refractivity contribution in [2.24, 2.45) is 5.92 Å². The quantitative estimate of drug-likeness (QED) is 0.797. The minimum absolute atomic E-state index is 0.0652. The first-order valence-corrected chi connectivity index (χ1v) is 8.32. The van der Waals surface area contributed by atoms with Crippen LogP contribution in [0, 0.1) is 19.8 Å². The Morgan fingerprint density at radius 3 is 2.83 bits per heavy atom. The molecule has 0 fully saturated rings. The van der Waals surface area contributed by atoms with E-state index in [1.54, 1.807) is 17.1 Å². The summed E-state index contributed by atoms with van der Waals surface area (Å²) >= 11 is 3.50. The molecule has 2 aromatic heterocycles. The number of hydrogen-bond donors (Lipinski definition) is 1. The highest BCUT2D eigenvalue weighted by Gasteiger charge is 2.17. The number of amides is 1. The molecular formula is C15H22BrN5O2. The van der Waals surface area contributed by atoms with Crippen LogP contribution in [-0.2, 0) is 22.8 Å². The maximum atomic E-state index is 12.3. The number of carbonyl (C=O) groups is 1. The molecule has 1 atom stereocenters. The van der Waals surface area contributed by atoms with Gasteiger partial charge in [-0.1, -0.05) is 6.92 Å². The fourth-order valence-corrected chi connectivity index (χ4v) is 2.43. The Kier molecular flexibility index (Phi) is 5.95. The zero-order valence-electron chi connectivity index (χ0n) is 13.8. The van der Waals surface area contributed by atoms with Gasteiger partial charge in [-0.3, -0.25) is 9.48 Å². The van der Waals surface area contributed by atoms with E-state index in [-0.39, 0.29) is 11.8 Å². The van der Waals surface area contributed by atoms with Crippen molar-refractivity contribution in [2.45, 2.75) is 41.0 Å². The number of rotatable bonds is 7. The van der Waals surface area contributed by atoms with Gasteiger partial charge in [0, 0.05) is 12.3 Å². The lowest BCUT2D eigenvalue weighted by Gasteiger charge is -2.12. The molecule has 1 amide bonds. The fourth-order valence-electron chi connectivity index (χ4n) is 2.14. The number of aromatic nitrogens is 4. The van der Waals surface area contributed by atoms with Crippen molar-refractivity contribution in [3.05, 3.63) is 28.3 Å². The van der Waals surface area contributed by atoms with Crippen molar-refractivity contribution >= 4 is 27.5 Å². The number of halogens is 1. The van der Waals surface area contributed by atoms with Gasteiger partial charge in [0.2, 0.25) is 5.91 Å². The van der Waals surface area contributed by atoms with Crippen molar-refractivity contribution in [3.8, 4) is 0 Å². The molecule has 23 heavy (non-hydrogen) atoms. The van der Waals surface area contributed by atoms with Crippen LogP contribution in [0.1, 0.15) is 25.2 Å². The van der Waals surface area contributed by atoms with Crippen LogP contribution >= 0.6 is 15.9 Å². The molecule has 8 heteroatoms. The Hall–Kier alpha value is -1.67. The fraction of sp³-hybridized carbons (Fsp3) is 0.533. The van der Waals surface area contributed by atoms with Crippen LogP contribution in [-0.4, -0.2) is 32.1 Å². The zero-order chi connectivity index (χ0) is 17.0. The van der Waals surface area contributed by atoms with Gasteiger partial charge in [-0.15, -0.1) is 0 Å². The minimum atomic E-state index is -0.213. The number of nitrogens with zero attached hydrogens (tertiary/aromatic N) is 4. The summed E-state index contributed by atoms with van der Waals surface area (Å²) in [4.78, 5) is 12.3. The molecule has 0 saturated carbocycles. The first-order valence-electron chi connectivity index (χ1n) is 7.53. The molecule has 0 radical (unpaired) electrons. The first kappa shape index (κ1) is 17.7. The zero-order valence-corrected chi connectivity index (χ0v) is 15.4. The molecule has 0 aromatic carbocycles. The summed E-state index contributed by atoms with van der Waals surface area (Å²) in [6.45, 7) is 9.24. The Labute approximate surface area is 144 Å². The standard InChI is InChI=1S/C15H22BrN5O2/c1-5-23-9-20-8-13(6-17-20)18-15(22)10(2)7-21-12(4)14(16)11(3)19-21/h6,8,10H,5,7,9H2,1-4H3,(H,18,22). The highest BCUT2D eigenvalue weighted by molar-refractivity contribution is 9.10. The summed E-state index contributed by atoms with van der Waals surface area (Å²) < 4.78 is 9.74. The smallest absolute Gasteiger partial charge is 0.229 e. The van der Waals surface area contributed by atoms with E-state index in [0.29, 0.717) is 25.6 Å². The molecule has 2 heterocycles. The van der Waals surface area contributed by atoms with Crippen LogP contribution in [0.15, 0.2) is 16.9 Å². The lowest BCUT2D eigenvalue weighted by atomic mass is 10.1. The topological polar surface area (TPSA) is 74.0 Å². The van der Waals surface area contributed by atoms with E-state index in [9.17, 15) is 4.79 Å². The maximum Gasteiger partial charge on any atom is 0.229 e. The van der Waals surface area contributed by atoms with E-state index in [1.807, 2.05) is 32.4 Å². The first-order chi connectivity index (χ1) is 10.9. The van der Waals surface area contributed by atoms with Gasteiger partial charge in [-0.2, -0.15) is 10.2 Å². The van der Waals surface area contributed by atoms with Crippen molar-refractivity contribution in [3.63, 3.8) is 0 Å². The van der Waals surface area contributed by atoms with E-state index < -0.39 is 0 Å². The molecule has 2 rings (SSSR count). The Morgan fingerprint density at radius 1 is 1.48 bits per heavy atom. The minimum Gasteiger partial charge on any atom is -0.360 e. The molecule has 0 spiro atoms. The van der Waals surface area contributed by atoms with E-state index in [1.165, 1.54) is 0 Å². The van der Waals surface area contributed by atoms with Gasteiger partial charge in [-0.05, 0) is 36.7 Å². The van der Waals surface area contributed by atoms with Crippen molar-refractivity contribution in [1.82, 2.24) is 19.6 Å². The van der Waals surface area contributed by atoms with Crippen LogP contribution in [0.5, 0.6) is 0 Å². The second-order valence-electron chi connectivity index (χ2n) is 5.45. The van der Waals surface area contributed by atoms with Gasteiger partial charge in [0.05, 0.1) is 40.7 Å². The Bertz CT molecular complexity index is 679. The molecule has 0 bridgehead atoms. The van der Waals surface area contributed by atoms with Gasteiger partial charge >= 0.3 is 0 Å². The van der Waals surface area contributed by atoms with Gasteiger partial charge < -0.3 is 10.1 Å². The molecule has 1 unspecified atom stereocenters. The second kappa shape index (κ2) is 7.74. The summed E-state index contributed by atoms with van der Waals surface area (Å²) in [5.74, 6) is -0.278. The third-order valence-electron chi connectivity index (χ3n) is 3.52. The normalized spacial score (nSPS) is 12.4. The third-order valence-corrected chi connectivity index (χ3v) is 4.66. The average molecular weight is 384 g/mol. The van der Waals surface area contributed by atoms with E-state index in [0.717, 1.165) is 15.9 Å². The molecule has 0 aliphatic carbocycles. The van der Waals surface area contributed by atoms with Crippen LogP contribution in [0.4, 0.5) is 5.69 Å². The number of anilines is 1. The van der Waals surface area contributed by atoms with Gasteiger partial charge in [0.1, 0.15) is 6.73 Å². The summed E-state index contributed by atoms with van der Waals surface area (Å²) in [5.41, 5.74) is 2.61. The monoisotopic (exact) mass is 383 g/mol. The van der Waals surface area contributed by atoms with Crippen LogP contribution in [0.25, 0.3) is 0 Å². The summed E-state index contributed by atoms with van der Waals surface area (Å²) in [5, 5.41) is 11.4. The lowest BCUT2D eigenvalue weighted by molar-refractivity contribution is -0.119. The molecule has 7 nitrogen and oxygen atoms in total. The van der Waals surface area contributed by atoms with E-state index >= 15 is 0 Å². The van der Waals surface area contributed by atoms with Crippen LogP contribution in [0.2, 0.25) is 0 Å². The second-order valence-corrected chi connectivity index (χ2v) is 6.24. The highest BCUT2D eigenvalue weighted by Crippen LogP contribution is 2.20. The van der Waals surface area contributed by atoms with Gasteiger partial charge in [0.25, 0.3) is 0 Å².